The largest absolute Gasteiger partial charge is 0.480 e. The van der Waals surface area contributed by atoms with Crippen LogP contribution in [0.3, 0.4) is 0 Å². The number of benzene rings is 1. The molecule has 0 spiro atoms. The van der Waals surface area contributed by atoms with E-state index >= 15 is 0 Å². The molecule has 1 aromatic carbocycles. The van der Waals surface area contributed by atoms with E-state index in [2.05, 4.69) is 31.1 Å². The standard InChI is InChI=1S/C10H8BrN3O2/c11-7(10(15)16)9-12-8(13-14-9)6-4-2-1-3-5-6/h1-5,7H,(H,15,16)(H,12,13,14). The van der Waals surface area contributed by atoms with Crippen molar-refractivity contribution in [2.24, 2.45) is 0 Å². The van der Waals surface area contributed by atoms with Crippen molar-refractivity contribution in [1.82, 2.24) is 15.2 Å². The van der Waals surface area contributed by atoms with Crippen LogP contribution in [0, 0.1) is 0 Å². The zero-order chi connectivity index (χ0) is 11.5. The highest BCUT2D eigenvalue weighted by Crippen LogP contribution is 2.21. The molecule has 0 bridgehead atoms. The highest BCUT2D eigenvalue weighted by Gasteiger charge is 2.20. The summed E-state index contributed by atoms with van der Waals surface area (Å²) in [5, 5.41) is 15.3. The first-order valence-electron chi connectivity index (χ1n) is 4.53. The lowest BCUT2D eigenvalue weighted by Gasteiger charge is -1.97. The van der Waals surface area contributed by atoms with E-state index in [1.165, 1.54) is 0 Å². The normalized spacial score (nSPS) is 12.3. The molecule has 0 aliphatic heterocycles. The number of carboxylic acids is 1. The maximum Gasteiger partial charge on any atom is 0.325 e. The van der Waals surface area contributed by atoms with Gasteiger partial charge in [-0.25, -0.2) is 4.98 Å². The number of hydrogen-bond acceptors (Lipinski definition) is 3. The molecular weight excluding hydrogens is 274 g/mol. The second-order valence-corrected chi connectivity index (χ2v) is 4.03. The van der Waals surface area contributed by atoms with E-state index < -0.39 is 10.8 Å². The van der Waals surface area contributed by atoms with Crippen molar-refractivity contribution in [3.05, 3.63) is 36.2 Å². The Morgan fingerprint density at radius 2 is 2.06 bits per heavy atom. The van der Waals surface area contributed by atoms with Gasteiger partial charge in [-0.05, 0) is 0 Å². The molecule has 0 fully saturated rings. The van der Waals surface area contributed by atoms with Crippen LogP contribution in [-0.4, -0.2) is 26.3 Å². The molecule has 2 aromatic rings. The van der Waals surface area contributed by atoms with Gasteiger partial charge in [-0.1, -0.05) is 46.3 Å². The Morgan fingerprint density at radius 1 is 1.38 bits per heavy atom. The Hall–Kier alpha value is -1.69. The van der Waals surface area contributed by atoms with Gasteiger partial charge < -0.3 is 5.11 Å². The number of carboxylic acid groups (broad SMARTS) is 1. The smallest absolute Gasteiger partial charge is 0.325 e. The monoisotopic (exact) mass is 281 g/mol. The van der Waals surface area contributed by atoms with Crippen molar-refractivity contribution >= 4 is 21.9 Å². The Morgan fingerprint density at radius 3 is 2.69 bits per heavy atom. The fraction of sp³-hybridized carbons (Fsp3) is 0.100. The van der Waals surface area contributed by atoms with Crippen LogP contribution in [0.4, 0.5) is 0 Å². The average molecular weight is 282 g/mol. The number of carbonyl (C=O) groups is 1. The van der Waals surface area contributed by atoms with Gasteiger partial charge in [0.1, 0.15) is 5.82 Å². The van der Waals surface area contributed by atoms with Gasteiger partial charge in [0.25, 0.3) is 0 Å². The van der Waals surface area contributed by atoms with Gasteiger partial charge in [0.2, 0.25) is 0 Å². The number of rotatable bonds is 3. The SMILES string of the molecule is O=C(O)C(Br)c1nc(-c2ccccc2)n[nH]1. The lowest BCUT2D eigenvalue weighted by molar-refractivity contribution is -0.136. The van der Waals surface area contributed by atoms with Crippen LogP contribution in [0.2, 0.25) is 0 Å². The number of nitrogens with one attached hydrogen (secondary N) is 1. The second-order valence-electron chi connectivity index (χ2n) is 3.11. The zero-order valence-electron chi connectivity index (χ0n) is 8.09. The van der Waals surface area contributed by atoms with E-state index in [4.69, 9.17) is 5.11 Å². The summed E-state index contributed by atoms with van der Waals surface area (Å²) in [5.41, 5.74) is 0.843. The fourth-order valence-electron chi connectivity index (χ4n) is 1.22. The first-order chi connectivity index (χ1) is 7.68. The molecule has 5 nitrogen and oxygen atoms in total. The van der Waals surface area contributed by atoms with Gasteiger partial charge in [-0.3, -0.25) is 9.89 Å². The summed E-state index contributed by atoms with van der Waals surface area (Å²) in [5.74, 6) is -0.233. The van der Waals surface area contributed by atoms with Crippen LogP contribution < -0.4 is 0 Å². The number of aromatic amines is 1. The van der Waals surface area contributed by atoms with E-state index in [0.717, 1.165) is 5.56 Å². The lowest BCUT2D eigenvalue weighted by Crippen LogP contribution is -2.06. The number of halogens is 1. The summed E-state index contributed by atoms with van der Waals surface area (Å²) in [6.45, 7) is 0. The van der Waals surface area contributed by atoms with Crippen LogP contribution in [-0.2, 0) is 4.79 Å². The van der Waals surface area contributed by atoms with Gasteiger partial charge in [0.15, 0.2) is 10.7 Å². The molecule has 0 aliphatic rings. The van der Waals surface area contributed by atoms with E-state index in [1.807, 2.05) is 30.3 Å². The third-order valence-electron chi connectivity index (χ3n) is 1.99. The maximum atomic E-state index is 10.7. The molecule has 6 heteroatoms. The minimum absolute atomic E-state index is 0.284. The number of nitrogens with zero attached hydrogens (tertiary/aromatic N) is 2. The van der Waals surface area contributed by atoms with Gasteiger partial charge >= 0.3 is 5.97 Å². The average Bonchev–Trinajstić information content (AvgIpc) is 2.78. The quantitative estimate of drug-likeness (QED) is 0.844. The van der Waals surface area contributed by atoms with E-state index in [1.54, 1.807) is 0 Å². The molecule has 0 saturated heterocycles. The van der Waals surface area contributed by atoms with Crippen LogP contribution in [0.15, 0.2) is 30.3 Å². The Bertz CT molecular complexity index is 498. The summed E-state index contributed by atoms with van der Waals surface area (Å²) < 4.78 is 0. The number of hydrogen-bond donors (Lipinski definition) is 2. The first kappa shape index (κ1) is 10.8. The molecule has 2 N–H and O–H groups in total. The third kappa shape index (κ3) is 2.11. The van der Waals surface area contributed by atoms with E-state index in [9.17, 15) is 4.79 Å². The Balaban J connectivity index is 2.30. The Labute approximate surface area is 99.7 Å². The minimum Gasteiger partial charge on any atom is -0.480 e. The molecule has 0 saturated carbocycles. The summed E-state index contributed by atoms with van der Waals surface area (Å²) >= 11 is 3.00. The molecule has 1 atom stereocenters. The first-order valence-corrected chi connectivity index (χ1v) is 5.44. The molecule has 0 aliphatic carbocycles. The van der Waals surface area contributed by atoms with Crippen LogP contribution in [0.5, 0.6) is 0 Å². The summed E-state index contributed by atoms with van der Waals surface area (Å²) in [4.78, 5) is 14.0. The van der Waals surface area contributed by atoms with Crippen molar-refractivity contribution in [1.29, 1.82) is 0 Å². The highest BCUT2D eigenvalue weighted by molar-refractivity contribution is 9.09. The van der Waals surface area contributed by atoms with E-state index in [-0.39, 0.29) is 5.82 Å². The van der Waals surface area contributed by atoms with E-state index in [0.29, 0.717) is 5.82 Å². The number of aromatic nitrogens is 3. The maximum absolute atomic E-state index is 10.7. The third-order valence-corrected chi connectivity index (χ3v) is 2.82. The van der Waals surface area contributed by atoms with Crippen LogP contribution in [0.1, 0.15) is 10.7 Å². The molecule has 2 rings (SSSR count). The Kier molecular flexibility index (Phi) is 3.00. The summed E-state index contributed by atoms with van der Waals surface area (Å²) in [6.07, 6.45) is 0. The van der Waals surface area contributed by atoms with Crippen LogP contribution >= 0.6 is 15.9 Å². The van der Waals surface area contributed by atoms with Gasteiger partial charge in [-0.15, -0.1) is 0 Å². The van der Waals surface area contributed by atoms with Crippen molar-refractivity contribution in [2.45, 2.75) is 4.83 Å². The second kappa shape index (κ2) is 4.44. The van der Waals surface area contributed by atoms with Gasteiger partial charge in [-0.2, -0.15) is 5.10 Å². The minimum atomic E-state index is -1.00. The molecule has 1 aromatic heterocycles. The molecule has 82 valence electrons. The van der Waals surface area contributed by atoms with Crippen molar-refractivity contribution in [3.8, 4) is 11.4 Å². The van der Waals surface area contributed by atoms with Crippen molar-refractivity contribution in [3.63, 3.8) is 0 Å². The van der Waals surface area contributed by atoms with Gasteiger partial charge in [0.05, 0.1) is 0 Å². The van der Waals surface area contributed by atoms with Crippen molar-refractivity contribution in [2.75, 3.05) is 0 Å². The molecule has 1 heterocycles. The molecule has 0 amide bonds. The molecular formula is C10H8BrN3O2. The molecule has 16 heavy (non-hydrogen) atoms. The highest BCUT2D eigenvalue weighted by atomic mass is 79.9. The molecule has 0 radical (unpaired) electrons. The zero-order valence-corrected chi connectivity index (χ0v) is 9.68. The summed E-state index contributed by atoms with van der Waals surface area (Å²) in [6, 6.07) is 9.35. The number of alkyl halides is 1. The topological polar surface area (TPSA) is 78.9 Å². The number of aliphatic carboxylic acids is 1. The lowest BCUT2D eigenvalue weighted by atomic mass is 10.2. The number of H-pyrrole nitrogens is 1. The van der Waals surface area contributed by atoms with Crippen molar-refractivity contribution < 1.29 is 9.90 Å². The predicted octanol–water partition coefficient (Wildman–Crippen LogP) is 1.99. The van der Waals surface area contributed by atoms with Crippen LogP contribution in [0.25, 0.3) is 11.4 Å². The predicted molar refractivity (Wildman–Crippen MR) is 61.1 cm³/mol. The summed E-state index contributed by atoms with van der Waals surface area (Å²) in [7, 11) is 0. The van der Waals surface area contributed by atoms with Gasteiger partial charge in [0, 0.05) is 5.56 Å². The fourth-order valence-corrected chi connectivity index (χ4v) is 1.43. The molecule has 1 unspecified atom stereocenters.